The van der Waals surface area contributed by atoms with Crippen LogP contribution >= 0.6 is 0 Å². The molecular weight excluding hydrogens is 700 g/mol. The third-order valence-corrected chi connectivity index (χ3v) is 8.85. The van der Waals surface area contributed by atoms with Crippen LogP contribution in [0.15, 0.2) is 133 Å². The molecule has 0 aliphatic heterocycles. The highest BCUT2D eigenvalue weighted by molar-refractivity contribution is 6.10. The summed E-state index contributed by atoms with van der Waals surface area (Å²) in [6, 6.07) is 31.2. The molecule has 2 aromatic heterocycles. The Morgan fingerprint density at radius 2 is 0.925 bits per heavy atom. The van der Waals surface area contributed by atoms with E-state index >= 15 is 4.39 Å². The molecule has 0 spiro atoms. The molecule has 12 heteroatoms. The molecule has 2 heterocycles. The van der Waals surface area contributed by atoms with Crippen LogP contribution in [-0.4, -0.2) is 19.5 Å². The van der Waals surface area contributed by atoms with E-state index in [9.17, 15) is 30.7 Å². The SMILES string of the molecule is Fc1ccc(-c2cc(-n3c4cc(C(F)(F)F)ccc4c4ccc(C(F)(F)F)cc43)ccc2-c2nc(-c3ccccc3)nc(-c3ccccc3)n2)c(F)c1. The molecule has 6 aromatic carbocycles. The molecule has 262 valence electrons. The van der Waals surface area contributed by atoms with Crippen LogP contribution in [0.2, 0.25) is 0 Å². The molecule has 0 aliphatic rings. The third kappa shape index (κ3) is 6.26. The van der Waals surface area contributed by atoms with Gasteiger partial charge in [0.25, 0.3) is 0 Å². The number of aromatic nitrogens is 4. The highest BCUT2D eigenvalue weighted by atomic mass is 19.4. The van der Waals surface area contributed by atoms with E-state index in [0.717, 1.165) is 30.3 Å². The number of alkyl halides is 6. The lowest BCUT2D eigenvalue weighted by Crippen LogP contribution is -2.06. The number of fused-ring (bicyclic) bond motifs is 3. The fourth-order valence-electron chi connectivity index (χ4n) is 6.38. The van der Waals surface area contributed by atoms with Gasteiger partial charge in [-0.3, -0.25) is 0 Å². The van der Waals surface area contributed by atoms with E-state index < -0.39 is 35.1 Å². The first-order valence-electron chi connectivity index (χ1n) is 16.0. The predicted molar refractivity (Wildman–Crippen MR) is 186 cm³/mol. The minimum Gasteiger partial charge on any atom is -0.309 e. The van der Waals surface area contributed by atoms with Gasteiger partial charge in [-0.15, -0.1) is 0 Å². The van der Waals surface area contributed by atoms with E-state index in [1.807, 2.05) is 12.1 Å². The summed E-state index contributed by atoms with van der Waals surface area (Å²) in [5.41, 5.74) is -0.489. The Balaban J connectivity index is 1.44. The second-order valence-corrected chi connectivity index (χ2v) is 12.2. The van der Waals surface area contributed by atoms with Crippen LogP contribution in [-0.2, 0) is 12.4 Å². The summed E-state index contributed by atoms with van der Waals surface area (Å²) in [4.78, 5) is 14.1. The molecule has 8 rings (SSSR count). The van der Waals surface area contributed by atoms with Crippen molar-refractivity contribution in [1.29, 1.82) is 0 Å². The fraction of sp³-hybridized carbons (Fsp3) is 0.0488. The molecule has 4 nitrogen and oxygen atoms in total. The summed E-state index contributed by atoms with van der Waals surface area (Å²) in [6.45, 7) is 0. The Labute approximate surface area is 295 Å². The van der Waals surface area contributed by atoms with Gasteiger partial charge in [-0.25, -0.2) is 23.7 Å². The lowest BCUT2D eigenvalue weighted by molar-refractivity contribution is -0.138. The summed E-state index contributed by atoms with van der Waals surface area (Å²) in [7, 11) is 0. The van der Waals surface area contributed by atoms with E-state index in [0.29, 0.717) is 17.2 Å². The Bertz CT molecular complexity index is 2540. The van der Waals surface area contributed by atoms with Crippen LogP contribution in [0, 0.1) is 11.6 Å². The Hall–Kier alpha value is -6.43. The predicted octanol–water partition coefficient (Wildman–Crippen LogP) is 12.0. The molecule has 0 radical (unpaired) electrons. The van der Waals surface area contributed by atoms with Gasteiger partial charge in [0.05, 0.1) is 22.2 Å². The number of benzene rings is 6. The van der Waals surface area contributed by atoms with Crippen molar-refractivity contribution in [2.24, 2.45) is 0 Å². The zero-order valence-electron chi connectivity index (χ0n) is 27.0. The van der Waals surface area contributed by atoms with Gasteiger partial charge < -0.3 is 4.57 Å². The van der Waals surface area contributed by atoms with Crippen molar-refractivity contribution in [1.82, 2.24) is 19.5 Å². The Morgan fingerprint density at radius 1 is 0.434 bits per heavy atom. The quantitative estimate of drug-likeness (QED) is 0.166. The standard InChI is InChI=1S/C41H22F8N4/c42-27-13-17-29(34(43)21-27)33-22-28(53-35-19-25(40(44,45)46)11-15-30(35)31-16-12-26(20-36(31)53)41(47,48)49)14-18-32(33)39-51-37(23-7-3-1-4-8-23)50-38(52-39)24-9-5-2-6-10-24/h1-22H. The Morgan fingerprint density at radius 3 is 1.42 bits per heavy atom. The van der Waals surface area contributed by atoms with E-state index in [4.69, 9.17) is 9.97 Å². The average molecular weight is 723 g/mol. The molecule has 0 atom stereocenters. The maximum absolute atomic E-state index is 15.7. The van der Waals surface area contributed by atoms with Crippen LogP contribution in [0.3, 0.4) is 0 Å². The minimum atomic E-state index is -4.76. The summed E-state index contributed by atoms with van der Waals surface area (Å²) in [6.07, 6.45) is -9.52. The van der Waals surface area contributed by atoms with Gasteiger partial charge in [0.1, 0.15) is 11.6 Å². The lowest BCUT2D eigenvalue weighted by Gasteiger charge is -2.16. The Kier molecular flexibility index (Phi) is 8.05. The highest BCUT2D eigenvalue weighted by Gasteiger charge is 2.33. The van der Waals surface area contributed by atoms with Crippen molar-refractivity contribution in [2.75, 3.05) is 0 Å². The smallest absolute Gasteiger partial charge is 0.309 e. The van der Waals surface area contributed by atoms with Crippen molar-refractivity contribution >= 4 is 21.8 Å². The molecule has 0 saturated heterocycles. The van der Waals surface area contributed by atoms with Gasteiger partial charge in [0.2, 0.25) is 0 Å². The minimum absolute atomic E-state index is 0.0367. The molecule has 0 fully saturated rings. The molecular formula is C41H22F8N4. The molecule has 0 aliphatic carbocycles. The second-order valence-electron chi connectivity index (χ2n) is 12.2. The number of nitrogens with zero attached hydrogens (tertiary/aromatic N) is 4. The van der Waals surface area contributed by atoms with Crippen LogP contribution < -0.4 is 0 Å². The van der Waals surface area contributed by atoms with Crippen LogP contribution in [0.4, 0.5) is 35.1 Å². The number of halogens is 8. The summed E-state index contributed by atoms with van der Waals surface area (Å²) in [5.74, 6) is -1.17. The van der Waals surface area contributed by atoms with Crippen LogP contribution in [0.1, 0.15) is 11.1 Å². The largest absolute Gasteiger partial charge is 0.416 e. The first kappa shape index (κ1) is 33.7. The molecule has 0 N–H and O–H groups in total. The van der Waals surface area contributed by atoms with Crippen molar-refractivity contribution in [2.45, 2.75) is 12.4 Å². The van der Waals surface area contributed by atoms with Gasteiger partial charge in [-0.1, -0.05) is 72.8 Å². The van der Waals surface area contributed by atoms with E-state index in [1.165, 1.54) is 41.0 Å². The van der Waals surface area contributed by atoms with E-state index in [-0.39, 0.29) is 61.7 Å². The van der Waals surface area contributed by atoms with Crippen LogP contribution in [0.25, 0.3) is 72.8 Å². The second kappa shape index (κ2) is 12.7. The van der Waals surface area contributed by atoms with Crippen molar-refractivity contribution in [3.63, 3.8) is 0 Å². The van der Waals surface area contributed by atoms with Gasteiger partial charge >= 0.3 is 12.4 Å². The number of hydrogen-bond acceptors (Lipinski definition) is 3. The molecule has 0 unspecified atom stereocenters. The normalized spacial score (nSPS) is 12.2. The van der Waals surface area contributed by atoms with E-state index in [1.54, 1.807) is 48.5 Å². The van der Waals surface area contributed by atoms with Crippen molar-refractivity contribution in [3.05, 3.63) is 156 Å². The highest BCUT2D eigenvalue weighted by Crippen LogP contribution is 2.42. The van der Waals surface area contributed by atoms with Gasteiger partial charge in [-0.2, -0.15) is 26.3 Å². The van der Waals surface area contributed by atoms with E-state index in [2.05, 4.69) is 4.98 Å². The average Bonchev–Trinajstić information content (AvgIpc) is 3.48. The molecule has 53 heavy (non-hydrogen) atoms. The maximum Gasteiger partial charge on any atom is 0.416 e. The molecule has 0 amide bonds. The van der Waals surface area contributed by atoms with Crippen molar-refractivity contribution < 1.29 is 35.1 Å². The third-order valence-electron chi connectivity index (χ3n) is 8.85. The van der Waals surface area contributed by atoms with Crippen molar-refractivity contribution in [3.8, 4) is 51.0 Å². The van der Waals surface area contributed by atoms with Gasteiger partial charge in [0.15, 0.2) is 17.5 Å². The van der Waals surface area contributed by atoms with Gasteiger partial charge in [0, 0.05) is 44.8 Å². The summed E-state index contributed by atoms with van der Waals surface area (Å²) in [5, 5.41) is 0.524. The zero-order chi connectivity index (χ0) is 37.1. The van der Waals surface area contributed by atoms with Gasteiger partial charge in [-0.05, 0) is 60.2 Å². The van der Waals surface area contributed by atoms with Crippen LogP contribution in [0.5, 0.6) is 0 Å². The maximum atomic E-state index is 15.7. The molecule has 8 aromatic rings. The molecule has 0 saturated carbocycles. The summed E-state index contributed by atoms with van der Waals surface area (Å²) >= 11 is 0. The molecule has 0 bridgehead atoms. The number of rotatable bonds is 5. The monoisotopic (exact) mass is 722 g/mol. The first-order valence-corrected chi connectivity index (χ1v) is 16.0. The summed E-state index contributed by atoms with van der Waals surface area (Å²) < 4.78 is 115. The first-order chi connectivity index (χ1) is 25.3. The fourth-order valence-corrected chi connectivity index (χ4v) is 6.38. The zero-order valence-corrected chi connectivity index (χ0v) is 27.0. The topological polar surface area (TPSA) is 43.6 Å². The lowest BCUT2D eigenvalue weighted by atomic mass is 9.97. The number of hydrogen-bond donors (Lipinski definition) is 0.